The highest BCUT2D eigenvalue weighted by Crippen LogP contribution is 2.36. The Morgan fingerprint density at radius 1 is 1.43 bits per heavy atom. The molecule has 110 valence electrons. The first-order valence-corrected chi connectivity index (χ1v) is 6.56. The number of hydrogen-bond donors (Lipinski definition) is 1. The number of esters is 1. The number of benzene rings is 1. The van der Waals surface area contributed by atoms with Crippen LogP contribution in [0.4, 0.5) is 5.82 Å². The number of carbonyl (C=O) groups is 1. The fraction of sp³-hybridized carbons (Fsp3) is 0.286. The van der Waals surface area contributed by atoms with Crippen LogP contribution in [0.5, 0.6) is 0 Å². The number of carbonyl (C=O) groups excluding carboxylic acids is 1. The van der Waals surface area contributed by atoms with Crippen LogP contribution in [0.2, 0.25) is 0 Å². The normalized spacial score (nSPS) is 20.6. The Bertz CT molecular complexity index is 668. The van der Waals surface area contributed by atoms with E-state index in [2.05, 4.69) is 4.98 Å². The van der Waals surface area contributed by atoms with Gasteiger partial charge in [-0.3, -0.25) is 4.79 Å². The maximum atomic E-state index is 11.3. The van der Waals surface area contributed by atoms with Crippen molar-refractivity contribution in [2.75, 3.05) is 0 Å². The van der Waals surface area contributed by atoms with Gasteiger partial charge in [-0.25, -0.2) is 0 Å². The largest absolute Gasteiger partial charge is 0.626 e. The number of ether oxygens (including phenoxy) is 1. The van der Waals surface area contributed by atoms with Crippen molar-refractivity contribution in [2.24, 2.45) is 0 Å². The van der Waals surface area contributed by atoms with Gasteiger partial charge in [-0.2, -0.15) is 4.98 Å². The fourth-order valence-corrected chi connectivity index (χ4v) is 2.80. The third kappa shape index (κ3) is 2.54. The molecule has 1 heterocycles. The molecule has 0 radical (unpaired) electrons. The Morgan fingerprint density at radius 2 is 2.19 bits per heavy atom. The zero-order valence-corrected chi connectivity index (χ0v) is 11.4. The number of imidazole rings is 1. The van der Waals surface area contributed by atoms with E-state index in [0.717, 1.165) is 11.1 Å². The molecule has 1 aromatic carbocycles. The molecular weight excluding hydrogens is 274 g/mol. The van der Waals surface area contributed by atoms with Crippen molar-refractivity contribution in [3.05, 3.63) is 58.3 Å². The van der Waals surface area contributed by atoms with Crippen LogP contribution in [-0.2, 0) is 16.0 Å². The molecule has 1 aliphatic rings. The Labute approximate surface area is 120 Å². The second kappa shape index (κ2) is 5.28. The van der Waals surface area contributed by atoms with Crippen LogP contribution in [-0.4, -0.2) is 21.6 Å². The van der Waals surface area contributed by atoms with Gasteiger partial charge in [0.1, 0.15) is 12.4 Å². The van der Waals surface area contributed by atoms with Gasteiger partial charge in [-0.05, 0) is 11.1 Å². The predicted molar refractivity (Wildman–Crippen MR) is 73.4 cm³/mol. The smallest absolute Gasteiger partial charge is 0.302 e. The average Bonchev–Trinajstić information content (AvgIpc) is 3.01. The lowest BCUT2D eigenvalue weighted by atomic mass is 10.1. The average molecular weight is 288 g/mol. The maximum absolute atomic E-state index is 11.3. The summed E-state index contributed by atoms with van der Waals surface area (Å²) in [4.78, 5) is 15.1. The first kappa shape index (κ1) is 13.7. The number of rotatable bonds is 3. The van der Waals surface area contributed by atoms with Crippen molar-refractivity contribution in [3.63, 3.8) is 0 Å². The Hall–Kier alpha value is -2.22. The molecule has 0 amide bonds. The zero-order valence-electron chi connectivity index (χ0n) is 11.4. The number of hydrogen-bond acceptors (Lipinski definition) is 5. The van der Waals surface area contributed by atoms with Gasteiger partial charge in [0.15, 0.2) is 0 Å². The number of quaternary nitrogens is 1. The SMILES string of the molecule is CC(=O)OC1Cc2ccccc2C1n1cnc([NH+]([O-])[O-])c1. The summed E-state index contributed by atoms with van der Waals surface area (Å²) >= 11 is 0. The first-order valence-electron chi connectivity index (χ1n) is 6.56. The van der Waals surface area contributed by atoms with E-state index < -0.39 is 5.23 Å². The molecule has 2 aromatic rings. The molecule has 1 N–H and O–H groups in total. The lowest BCUT2D eigenvalue weighted by Gasteiger charge is -2.23. The predicted octanol–water partition coefficient (Wildman–Crippen LogP) is 0.472. The van der Waals surface area contributed by atoms with Crippen molar-refractivity contribution in [2.45, 2.75) is 25.5 Å². The zero-order chi connectivity index (χ0) is 15.0. The minimum absolute atomic E-state index is 0.138. The molecule has 0 fully saturated rings. The summed E-state index contributed by atoms with van der Waals surface area (Å²) in [7, 11) is 0. The molecule has 0 saturated heterocycles. The summed E-state index contributed by atoms with van der Waals surface area (Å²) in [5.41, 5.74) is 2.09. The third-order valence-corrected chi connectivity index (χ3v) is 3.60. The summed E-state index contributed by atoms with van der Waals surface area (Å²) in [5, 5.41) is 20.4. The van der Waals surface area contributed by atoms with Gasteiger partial charge in [0, 0.05) is 13.3 Å². The van der Waals surface area contributed by atoms with Gasteiger partial charge in [0.25, 0.3) is 0 Å². The second-order valence-corrected chi connectivity index (χ2v) is 4.99. The topological polar surface area (TPSA) is 94.7 Å². The van der Waals surface area contributed by atoms with Crippen LogP contribution in [0, 0.1) is 10.4 Å². The van der Waals surface area contributed by atoms with Crippen LogP contribution in [0.15, 0.2) is 36.8 Å². The molecule has 7 nitrogen and oxygen atoms in total. The van der Waals surface area contributed by atoms with E-state index >= 15 is 0 Å². The van der Waals surface area contributed by atoms with Gasteiger partial charge >= 0.3 is 5.97 Å². The van der Waals surface area contributed by atoms with Crippen molar-refractivity contribution in [1.29, 1.82) is 0 Å². The Kier molecular flexibility index (Phi) is 3.46. The van der Waals surface area contributed by atoms with Crippen LogP contribution < -0.4 is 5.23 Å². The van der Waals surface area contributed by atoms with Crippen LogP contribution in [0.3, 0.4) is 0 Å². The molecule has 0 saturated carbocycles. The molecule has 0 bridgehead atoms. The van der Waals surface area contributed by atoms with Gasteiger partial charge in [-0.1, -0.05) is 24.3 Å². The minimum atomic E-state index is -1.33. The fourth-order valence-electron chi connectivity index (χ4n) is 2.80. The quantitative estimate of drug-likeness (QED) is 0.654. The molecule has 2 unspecified atom stereocenters. The molecule has 1 aliphatic carbocycles. The lowest BCUT2D eigenvalue weighted by Crippen LogP contribution is -2.96. The number of fused-ring (bicyclic) bond motifs is 1. The molecule has 21 heavy (non-hydrogen) atoms. The highest BCUT2D eigenvalue weighted by molar-refractivity contribution is 5.66. The van der Waals surface area contributed by atoms with Crippen molar-refractivity contribution in [1.82, 2.24) is 9.55 Å². The molecule has 0 spiro atoms. The van der Waals surface area contributed by atoms with Gasteiger partial charge < -0.3 is 24.9 Å². The Balaban J connectivity index is 1.99. The van der Waals surface area contributed by atoms with E-state index in [1.807, 2.05) is 24.3 Å². The molecular formula is C14H14N3O4-. The highest BCUT2D eigenvalue weighted by Gasteiger charge is 2.36. The molecule has 0 aliphatic heterocycles. The molecule has 1 aromatic heterocycles. The van der Waals surface area contributed by atoms with Gasteiger partial charge in [-0.15, -0.1) is 0 Å². The maximum Gasteiger partial charge on any atom is 0.302 e. The molecule has 7 heteroatoms. The van der Waals surface area contributed by atoms with Crippen molar-refractivity contribution < 1.29 is 14.8 Å². The highest BCUT2D eigenvalue weighted by atomic mass is 16.8. The standard InChI is InChI=1S/C14H14N3O4/c1-9(18)21-12-6-10-4-2-3-5-11(10)14(12)16-7-13(15-8-16)17(19)20/h2-5,7-8,12,14,17H,6H2,1H3/q-1. The van der Waals surface area contributed by atoms with Crippen molar-refractivity contribution >= 4 is 11.8 Å². The van der Waals surface area contributed by atoms with E-state index in [1.54, 1.807) is 4.57 Å². The van der Waals surface area contributed by atoms with E-state index in [9.17, 15) is 15.2 Å². The molecule has 3 rings (SSSR count). The summed E-state index contributed by atoms with van der Waals surface area (Å²) < 4.78 is 7.04. The minimum Gasteiger partial charge on any atom is -0.626 e. The van der Waals surface area contributed by atoms with Crippen LogP contribution in [0.25, 0.3) is 0 Å². The third-order valence-electron chi connectivity index (χ3n) is 3.60. The van der Waals surface area contributed by atoms with E-state index in [4.69, 9.17) is 4.74 Å². The van der Waals surface area contributed by atoms with Gasteiger partial charge in [0.05, 0.1) is 12.2 Å². The number of nitrogens with one attached hydrogen (secondary N) is 1. The lowest BCUT2D eigenvalue weighted by molar-refractivity contribution is -0.718. The Morgan fingerprint density at radius 3 is 2.86 bits per heavy atom. The van der Waals surface area contributed by atoms with Gasteiger partial charge in [0.2, 0.25) is 5.82 Å². The van der Waals surface area contributed by atoms with E-state index in [-0.39, 0.29) is 23.9 Å². The summed E-state index contributed by atoms with van der Waals surface area (Å²) in [6.07, 6.45) is 3.05. The van der Waals surface area contributed by atoms with Crippen LogP contribution in [0.1, 0.15) is 24.1 Å². The second-order valence-electron chi connectivity index (χ2n) is 4.99. The van der Waals surface area contributed by atoms with Crippen LogP contribution >= 0.6 is 0 Å². The number of nitrogens with zero attached hydrogens (tertiary/aromatic N) is 2. The van der Waals surface area contributed by atoms with E-state index in [1.165, 1.54) is 19.4 Å². The monoisotopic (exact) mass is 288 g/mol. The summed E-state index contributed by atoms with van der Waals surface area (Å²) in [5.74, 6) is -0.501. The number of aromatic nitrogens is 2. The first-order chi connectivity index (χ1) is 10.1. The summed E-state index contributed by atoms with van der Waals surface area (Å²) in [6.45, 7) is 1.36. The van der Waals surface area contributed by atoms with E-state index in [0.29, 0.717) is 6.42 Å². The summed E-state index contributed by atoms with van der Waals surface area (Å²) in [6, 6.07) is 7.47. The molecule has 2 atom stereocenters. The van der Waals surface area contributed by atoms with Crippen molar-refractivity contribution in [3.8, 4) is 0 Å².